The number of halogens is 1. The number of aromatic nitrogens is 2. The minimum atomic E-state index is -0.480. The number of benzene rings is 1. The summed E-state index contributed by atoms with van der Waals surface area (Å²) in [5, 5.41) is 3.73. The van der Waals surface area contributed by atoms with Crippen LogP contribution in [0.1, 0.15) is 5.82 Å². The minimum absolute atomic E-state index is 0.147. The van der Waals surface area contributed by atoms with E-state index in [9.17, 15) is 4.39 Å². The van der Waals surface area contributed by atoms with Crippen molar-refractivity contribution in [1.82, 2.24) is 10.1 Å². The predicted molar refractivity (Wildman–Crippen MR) is 59.7 cm³/mol. The van der Waals surface area contributed by atoms with Crippen molar-refractivity contribution in [3.05, 3.63) is 29.8 Å². The van der Waals surface area contributed by atoms with Gasteiger partial charge in [-0.2, -0.15) is 4.98 Å². The zero-order valence-corrected chi connectivity index (χ0v) is 9.31. The quantitative estimate of drug-likeness (QED) is 0.818. The SMILES string of the molecule is COCCc1noc(-c2ccc(N)cc2F)n1. The molecule has 90 valence electrons. The number of nitrogens with zero attached hydrogens (tertiary/aromatic N) is 2. The Kier molecular flexibility index (Phi) is 3.34. The Labute approximate surface area is 97.4 Å². The Bertz CT molecular complexity index is 513. The van der Waals surface area contributed by atoms with Crippen molar-refractivity contribution >= 4 is 5.69 Å². The summed E-state index contributed by atoms with van der Waals surface area (Å²) in [5.41, 5.74) is 6.05. The molecule has 0 bridgehead atoms. The van der Waals surface area contributed by atoms with E-state index in [0.29, 0.717) is 24.5 Å². The van der Waals surface area contributed by atoms with E-state index in [4.69, 9.17) is 15.0 Å². The van der Waals surface area contributed by atoms with Crippen LogP contribution >= 0.6 is 0 Å². The largest absolute Gasteiger partial charge is 0.399 e. The first kappa shape index (κ1) is 11.5. The van der Waals surface area contributed by atoms with Gasteiger partial charge in [-0.1, -0.05) is 5.16 Å². The first-order chi connectivity index (χ1) is 8.20. The lowest BCUT2D eigenvalue weighted by molar-refractivity contribution is 0.199. The van der Waals surface area contributed by atoms with E-state index in [1.807, 2.05) is 0 Å². The number of rotatable bonds is 4. The Morgan fingerprint density at radius 3 is 3.00 bits per heavy atom. The third-order valence-corrected chi connectivity index (χ3v) is 2.22. The zero-order valence-electron chi connectivity index (χ0n) is 9.31. The zero-order chi connectivity index (χ0) is 12.3. The van der Waals surface area contributed by atoms with E-state index < -0.39 is 5.82 Å². The maximum absolute atomic E-state index is 13.6. The molecule has 1 heterocycles. The Balaban J connectivity index is 2.24. The van der Waals surface area contributed by atoms with Gasteiger partial charge in [0.2, 0.25) is 0 Å². The monoisotopic (exact) mass is 237 g/mol. The second kappa shape index (κ2) is 4.92. The van der Waals surface area contributed by atoms with Crippen LogP contribution in [0.4, 0.5) is 10.1 Å². The molecule has 0 unspecified atom stereocenters. The maximum Gasteiger partial charge on any atom is 0.260 e. The van der Waals surface area contributed by atoms with Crippen molar-refractivity contribution in [2.45, 2.75) is 6.42 Å². The average molecular weight is 237 g/mol. The summed E-state index contributed by atoms with van der Waals surface area (Å²) in [6, 6.07) is 4.31. The molecule has 0 aliphatic carbocycles. The van der Waals surface area contributed by atoms with Crippen LogP contribution in [0.25, 0.3) is 11.5 Å². The number of anilines is 1. The van der Waals surface area contributed by atoms with Crippen LogP contribution in [0, 0.1) is 5.82 Å². The number of nitrogen functional groups attached to an aromatic ring is 1. The normalized spacial score (nSPS) is 10.7. The molecule has 0 radical (unpaired) electrons. The van der Waals surface area contributed by atoms with Crippen molar-refractivity contribution in [2.75, 3.05) is 19.5 Å². The van der Waals surface area contributed by atoms with Crippen LogP contribution in [0.15, 0.2) is 22.7 Å². The van der Waals surface area contributed by atoms with Crippen molar-refractivity contribution in [1.29, 1.82) is 0 Å². The van der Waals surface area contributed by atoms with Gasteiger partial charge in [0.25, 0.3) is 5.89 Å². The van der Waals surface area contributed by atoms with Gasteiger partial charge in [-0.15, -0.1) is 0 Å². The Morgan fingerprint density at radius 1 is 1.47 bits per heavy atom. The van der Waals surface area contributed by atoms with E-state index in [0.717, 1.165) is 0 Å². The highest BCUT2D eigenvalue weighted by Crippen LogP contribution is 2.22. The summed E-state index contributed by atoms with van der Waals surface area (Å²) >= 11 is 0. The van der Waals surface area contributed by atoms with E-state index in [1.54, 1.807) is 13.2 Å². The van der Waals surface area contributed by atoms with Gasteiger partial charge in [0.05, 0.1) is 12.2 Å². The predicted octanol–water partition coefficient (Wildman–Crippen LogP) is 1.65. The third kappa shape index (κ3) is 2.59. The van der Waals surface area contributed by atoms with Gasteiger partial charge in [-0.25, -0.2) is 4.39 Å². The van der Waals surface area contributed by atoms with Crippen molar-refractivity contribution in [2.24, 2.45) is 0 Å². The molecular formula is C11H12FN3O2. The van der Waals surface area contributed by atoms with E-state index in [2.05, 4.69) is 10.1 Å². The highest BCUT2D eigenvalue weighted by molar-refractivity contribution is 5.58. The lowest BCUT2D eigenvalue weighted by Crippen LogP contribution is -1.96. The lowest BCUT2D eigenvalue weighted by Gasteiger charge is -1.98. The summed E-state index contributed by atoms with van der Waals surface area (Å²) in [4.78, 5) is 4.07. The second-order valence-electron chi connectivity index (χ2n) is 3.50. The molecule has 0 saturated heterocycles. The Hall–Kier alpha value is -1.95. The number of hydrogen-bond acceptors (Lipinski definition) is 5. The highest BCUT2D eigenvalue weighted by atomic mass is 19.1. The molecule has 2 aromatic rings. The van der Waals surface area contributed by atoms with Crippen LogP contribution in [-0.2, 0) is 11.2 Å². The molecule has 0 aliphatic heterocycles. The molecule has 0 fully saturated rings. The van der Waals surface area contributed by atoms with Crippen molar-refractivity contribution in [3.63, 3.8) is 0 Å². The van der Waals surface area contributed by atoms with Crippen LogP contribution in [0.2, 0.25) is 0 Å². The summed E-state index contributed by atoms with van der Waals surface area (Å²) in [7, 11) is 1.58. The van der Waals surface area contributed by atoms with Gasteiger partial charge in [0.1, 0.15) is 5.82 Å². The molecule has 0 aliphatic rings. The highest BCUT2D eigenvalue weighted by Gasteiger charge is 2.13. The molecule has 0 amide bonds. The summed E-state index contributed by atoms with van der Waals surface area (Å²) in [6.07, 6.45) is 0.524. The van der Waals surface area contributed by atoms with E-state index in [-0.39, 0.29) is 11.5 Å². The molecule has 1 aromatic carbocycles. The fourth-order valence-corrected chi connectivity index (χ4v) is 1.36. The minimum Gasteiger partial charge on any atom is -0.399 e. The molecule has 5 nitrogen and oxygen atoms in total. The van der Waals surface area contributed by atoms with Crippen molar-refractivity contribution in [3.8, 4) is 11.5 Å². The third-order valence-electron chi connectivity index (χ3n) is 2.22. The van der Waals surface area contributed by atoms with E-state index in [1.165, 1.54) is 12.1 Å². The fraction of sp³-hybridized carbons (Fsp3) is 0.273. The number of nitrogens with two attached hydrogens (primary N) is 1. The summed E-state index contributed by atoms with van der Waals surface area (Å²) < 4.78 is 23.4. The Morgan fingerprint density at radius 2 is 2.29 bits per heavy atom. The topological polar surface area (TPSA) is 74.2 Å². The van der Waals surface area contributed by atoms with Crippen molar-refractivity contribution < 1.29 is 13.7 Å². The van der Waals surface area contributed by atoms with Crippen LogP contribution in [0.5, 0.6) is 0 Å². The van der Waals surface area contributed by atoms with Gasteiger partial charge >= 0.3 is 0 Å². The van der Waals surface area contributed by atoms with Gasteiger partial charge < -0.3 is 15.0 Å². The molecule has 1 aromatic heterocycles. The van der Waals surface area contributed by atoms with Crippen LogP contribution in [-0.4, -0.2) is 23.9 Å². The second-order valence-corrected chi connectivity index (χ2v) is 3.50. The van der Waals surface area contributed by atoms with Crippen LogP contribution < -0.4 is 5.73 Å². The molecule has 6 heteroatoms. The molecule has 2 N–H and O–H groups in total. The summed E-state index contributed by atoms with van der Waals surface area (Å²) in [5.74, 6) is 0.151. The first-order valence-electron chi connectivity index (χ1n) is 5.07. The van der Waals surface area contributed by atoms with E-state index >= 15 is 0 Å². The van der Waals surface area contributed by atoms with Gasteiger partial charge in [-0.05, 0) is 18.2 Å². The van der Waals surface area contributed by atoms with Gasteiger partial charge in [-0.3, -0.25) is 0 Å². The molecule has 17 heavy (non-hydrogen) atoms. The molecule has 0 saturated carbocycles. The van der Waals surface area contributed by atoms with Gasteiger partial charge in [0.15, 0.2) is 5.82 Å². The molecule has 0 atom stereocenters. The number of methoxy groups -OCH3 is 1. The molecule has 2 rings (SSSR count). The van der Waals surface area contributed by atoms with Crippen LogP contribution in [0.3, 0.4) is 0 Å². The smallest absolute Gasteiger partial charge is 0.260 e. The number of ether oxygens (including phenoxy) is 1. The first-order valence-corrected chi connectivity index (χ1v) is 5.07. The maximum atomic E-state index is 13.6. The average Bonchev–Trinajstić information content (AvgIpc) is 2.75. The standard InChI is InChI=1S/C11H12FN3O2/c1-16-5-4-10-14-11(17-15-10)8-3-2-7(13)6-9(8)12/h2-3,6H,4-5,13H2,1H3. The fourth-order valence-electron chi connectivity index (χ4n) is 1.36. The number of hydrogen-bond donors (Lipinski definition) is 1. The molecule has 0 spiro atoms. The molecular weight excluding hydrogens is 225 g/mol. The lowest BCUT2D eigenvalue weighted by atomic mass is 10.2. The van der Waals surface area contributed by atoms with Gasteiger partial charge in [0, 0.05) is 19.2 Å². The summed E-state index contributed by atoms with van der Waals surface area (Å²) in [6.45, 7) is 0.489.